The summed E-state index contributed by atoms with van der Waals surface area (Å²) in [5.74, 6) is 0.526. The SMILES string of the molecule is Cc1nsc(-n2c(=O)n(C)c3ccc(S(=O)(=O)NC4(CF)CC4)cc32)n1. The summed E-state index contributed by atoms with van der Waals surface area (Å²) in [5.41, 5.74) is -0.364. The van der Waals surface area contributed by atoms with Crippen molar-refractivity contribution in [2.75, 3.05) is 6.67 Å². The second kappa shape index (κ2) is 5.69. The first-order chi connectivity index (χ1) is 12.3. The molecule has 1 fully saturated rings. The lowest BCUT2D eigenvalue weighted by Gasteiger charge is -2.13. The van der Waals surface area contributed by atoms with Gasteiger partial charge in [0, 0.05) is 18.6 Å². The maximum Gasteiger partial charge on any atom is 0.335 e. The van der Waals surface area contributed by atoms with Crippen LogP contribution in [-0.2, 0) is 17.1 Å². The van der Waals surface area contributed by atoms with Gasteiger partial charge in [-0.15, -0.1) is 0 Å². The van der Waals surface area contributed by atoms with E-state index in [1.54, 1.807) is 20.0 Å². The molecule has 0 atom stereocenters. The molecule has 1 aromatic carbocycles. The molecule has 1 saturated carbocycles. The highest BCUT2D eigenvalue weighted by molar-refractivity contribution is 7.89. The molecule has 2 aromatic heterocycles. The highest BCUT2D eigenvalue weighted by atomic mass is 32.2. The second-order valence-corrected chi connectivity index (χ2v) is 8.88. The molecule has 0 bridgehead atoms. The molecule has 11 heteroatoms. The number of imidazole rings is 1. The average molecular weight is 397 g/mol. The van der Waals surface area contributed by atoms with Crippen molar-refractivity contribution in [2.45, 2.75) is 30.2 Å². The van der Waals surface area contributed by atoms with Crippen molar-refractivity contribution in [1.29, 1.82) is 0 Å². The van der Waals surface area contributed by atoms with Gasteiger partial charge in [-0.2, -0.15) is 4.37 Å². The molecular weight excluding hydrogens is 381 g/mol. The summed E-state index contributed by atoms with van der Waals surface area (Å²) in [6.45, 7) is 0.969. The number of benzene rings is 1. The molecule has 1 aliphatic rings. The van der Waals surface area contributed by atoms with Gasteiger partial charge < -0.3 is 0 Å². The van der Waals surface area contributed by atoms with E-state index in [0.29, 0.717) is 34.8 Å². The highest BCUT2D eigenvalue weighted by Gasteiger charge is 2.46. The van der Waals surface area contributed by atoms with Crippen LogP contribution in [-0.4, -0.2) is 39.1 Å². The third kappa shape index (κ3) is 2.66. The number of hydrogen-bond acceptors (Lipinski definition) is 6. The number of rotatable bonds is 5. The van der Waals surface area contributed by atoms with E-state index in [-0.39, 0.29) is 10.6 Å². The first-order valence-corrected chi connectivity index (χ1v) is 10.1. The van der Waals surface area contributed by atoms with Crippen molar-refractivity contribution in [1.82, 2.24) is 23.2 Å². The van der Waals surface area contributed by atoms with Gasteiger partial charge in [-0.05, 0) is 38.0 Å². The second-order valence-electron chi connectivity index (χ2n) is 6.47. The molecule has 0 saturated heterocycles. The predicted molar refractivity (Wildman–Crippen MR) is 95.0 cm³/mol. The van der Waals surface area contributed by atoms with Gasteiger partial charge in [-0.1, -0.05) is 0 Å². The number of aromatic nitrogens is 4. The largest absolute Gasteiger partial charge is 0.335 e. The zero-order chi connectivity index (χ0) is 18.7. The smallest absolute Gasteiger partial charge is 0.295 e. The third-order valence-electron chi connectivity index (χ3n) is 4.51. The minimum atomic E-state index is -3.90. The summed E-state index contributed by atoms with van der Waals surface area (Å²) < 4.78 is 47.6. The molecule has 26 heavy (non-hydrogen) atoms. The minimum absolute atomic E-state index is 0.0229. The highest BCUT2D eigenvalue weighted by Crippen LogP contribution is 2.37. The Morgan fingerprint density at radius 2 is 2.08 bits per heavy atom. The van der Waals surface area contributed by atoms with Crippen molar-refractivity contribution in [3.8, 4) is 5.13 Å². The monoisotopic (exact) mass is 397 g/mol. The van der Waals surface area contributed by atoms with Gasteiger partial charge in [0.1, 0.15) is 12.5 Å². The van der Waals surface area contributed by atoms with Crippen LogP contribution in [0.15, 0.2) is 27.9 Å². The first kappa shape index (κ1) is 17.3. The zero-order valence-corrected chi connectivity index (χ0v) is 15.7. The first-order valence-electron chi connectivity index (χ1n) is 7.88. The van der Waals surface area contributed by atoms with Crippen LogP contribution in [0.1, 0.15) is 18.7 Å². The van der Waals surface area contributed by atoms with E-state index >= 15 is 0 Å². The van der Waals surface area contributed by atoms with Gasteiger partial charge >= 0.3 is 5.69 Å². The molecule has 1 N–H and O–H groups in total. The van der Waals surface area contributed by atoms with E-state index in [4.69, 9.17) is 0 Å². The number of fused-ring (bicyclic) bond motifs is 1. The number of halogens is 1. The average Bonchev–Trinajstić information content (AvgIpc) is 3.17. The molecule has 0 aliphatic heterocycles. The van der Waals surface area contributed by atoms with Gasteiger partial charge in [0.05, 0.1) is 21.5 Å². The molecule has 0 amide bonds. The molecule has 8 nitrogen and oxygen atoms in total. The summed E-state index contributed by atoms with van der Waals surface area (Å²) >= 11 is 1.06. The number of nitrogens with one attached hydrogen (secondary N) is 1. The van der Waals surface area contributed by atoms with E-state index < -0.39 is 22.2 Å². The fourth-order valence-electron chi connectivity index (χ4n) is 2.81. The summed E-state index contributed by atoms with van der Waals surface area (Å²) in [6, 6.07) is 4.38. The number of alkyl halides is 1. The van der Waals surface area contributed by atoms with Crippen LogP contribution in [0.4, 0.5) is 4.39 Å². The fraction of sp³-hybridized carbons (Fsp3) is 0.400. The topological polar surface area (TPSA) is 98.9 Å². The molecule has 3 aromatic rings. The fourth-order valence-corrected chi connectivity index (χ4v) is 4.96. The molecule has 0 unspecified atom stereocenters. The molecule has 0 radical (unpaired) electrons. The molecule has 4 rings (SSSR count). The van der Waals surface area contributed by atoms with E-state index in [9.17, 15) is 17.6 Å². The van der Waals surface area contributed by atoms with Crippen LogP contribution in [0.2, 0.25) is 0 Å². The Morgan fingerprint density at radius 1 is 1.35 bits per heavy atom. The summed E-state index contributed by atoms with van der Waals surface area (Å²) in [7, 11) is -2.30. The van der Waals surface area contributed by atoms with Crippen LogP contribution in [0.25, 0.3) is 16.2 Å². The van der Waals surface area contributed by atoms with Crippen LogP contribution in [0.5, 0.6) is 0 Å². The number of nitrogens with zero attached hydrogens (tertiary/aromatic N) is 4. The normalized spacial score (nSPS) is 16.3. The van der Waals surface area contributed by atoms with Gasteiger partial charge in [0.15, 0.2) is 0 Å². The van der Waals surface area contributed by atoms with Gasteiger partial charge in [0.25, 0.3) is 0 Å². The number of aryl methyl sites for hydroxylation is 2. The molecule has 1 aliphatic carbocycles. The van der Waals surface area contributed by atoms with Crippen molar-refractivity contribution in [2.24, 2.45) is 7.05 Å². The Labute approximate surface area is 152 Å². The van der Waals surface area contributed by atoms with E-state index in [2.05, 4.69) is 14.1 Å². The summed E-state index contributed by atoms with van der Waals surface area (Å²) in [6.07, 6.45) is 0.955. The van der Waals surface area contributed by atoms with E-state index in [1.807, 2.05) is 0 Å². The number of sulfonamides is 1. The van der Waals surface area contributed by atoms with Crippen LogP contribution in [0.3, 0.4) is 0 Å². The third-order valence-corrected chi connectivity index (χ3v) is 6.87. The van der Waals surface area contributed by atoms with Gasteiger partial charge in [0.2, 0.25) is 15.2 Å². The maximum absolute atomic E-state index is 13.1. The molecular formula is C15H16FN5O3S2. The van der Waals surface area contributed by atoms with Crippen molar-refractivity contribution in [3.05, 3.63) is 34.5 Å². The molecule has 0 spiro atoms. The Morgan fingerprint density at radius 3 is 2.65 bits per heavy atom. The maximum atomic E-state index is 13.1. The van der Waals surface area contributed by atoms with E-state index in [1.165, 1.54) is 21.3 Å². The Balaban J connectivity index is 1.88. The Bertz CT molecular complexity index is 1170. The quantitative estimate of drug-likeness (QED) is 0.699. The van der Waals surface area contributed by atoms with Crippen LogP contribution < -0.4 is 10.4 Å². The molecule has 138 valence electrons. The lowest BCUT2D eigenvalue weighted by Crippen LogP contribution is -2.38. The molecule has 2 heterocycles. The predicted octanol–water partition coefficient (Wildman–Crippen LogP) is 1.27. The lowest BCUT2D eigenvalue weighted by atomic mass is 10.3. The lowest BCUT2D eigenvalue weighted by molar-refractivity contribution is 0.393. The van der Waals surface area contributed by atoms with Gasteiger partial charge in [-0.3, -0.25) is 4.57 Å². The Kier molecular flexibility index (Phi) is 3.79. The van der Waals surface area contributed by atoms with Crippen molar-refractivity contribution >= 4 is 32.6 Å². The minimum Gasteiger partial charge on any atom is -0.295 e. The summed E-state index contributed by atoms with van der Waals surface area (Å²) in [4.78, 5) is 16.8. The van der Waals surface area contributed by atoms with Crippen LogP contribution >= 0.6 is 11.5 Å². The van der Waals surface area contributed by atoms with Crippen LogP contribution in [0, 0.1) is 6.92 Å². The van der Waals surface area contributed by atoms with Crippen molar-refractivity contribution < 1.29 is 12.8 Å². The Hall–Kier alpha value is -2.11. The zero-order valence-electron chi connectivity index (χ0n) is 14.1. The van der Waals surface area contributed by atoms with Crippen molar-refractivity contribution in [3.63, 3.8) is 0 Å². The van der Waals surface area contributed by atoms with E-state index in [0.717, 1.165) is 11.5 Å². The number of hydrogen-bond donors (Lipinski definition) is 1. The summed E-state index contributed by atoms with van der Waals surface area (Å²) in [5, 5.41) is 0.364. The van der Waals surface area contributed by atoms with Gasteiger partial charge in [-0.25, -0.2) is 31.9 Å². The standard InChI is InChI=1S/C15H16FN5O3S2/c1-9-17-13(25-18-9)21-12-7-10(3-4-11(12)20(2)14(21)22)26(23,24)19-15(8-16)5-6-15/h3-4,7,19H,5-6,8H2,1-2H3.